The molecule has 1 rings (SSSR count). The van der Waals surface area contributed by atoms with Crippen LogP contribution in [0.1, 0.15) is 17.7 Å². The van der Waals surface area contributed by atoms with Crippen LogP contribution in [0, 0.1) is 14.9 Å². The molecule has 0 radical (unpaired) electrons. The van der Waals surface area contributed by atoms with Crippen molar-refractivity contribution in [3.63, 3.8) is 0 Å². The van der Waals surface area contributed by atoms with E-state index in [-0.39, 0.29) is 12.1 Å². The zero-order valence-corrected chi connectivity index (χ0v) is 8.62. The molecule has 0 N–H and O–H groups in total. The van der Waals surface area contributed by atoms with Gasteiger partial charge >= 0.3 is 0 Å². The monoisotopic (exact) mass is 294 g/mol. The predicted molar refractivity (Wildman–Crippen MR) is 51.2 cm³/mol. The van der Waals surface area contributed by atoms with Crippen molar-refractivity contribution in [1.82, 2.24) is 4.98 Å². The largest absolute Gasteiger partial charge is 0.280 e. The molecule has 1 aromatic heterocycles. The van der Waals surface area contributed by atoms with Crippen LogP contribution in [0.5, 0.6) is 0 Å². The van der Waals surface area contributed by atoms with Gasteiger partial charge in [0.2, 0.25) is 0 Å². The molecule has 0 aromatic carbocycles. The topological polar surface area (TPSA) is 36.7 Å². The Bertz CT molecular complexity index is 346. The van der Waals surface area contributed by atoms with Crippen LogP contribution in [0.3, 0.4) is 0 Å². The molecule has 2 nitrogen and oxygen atoms in total. The zero-order chi connectivity index (χ0) is 9.84. The van der Waals surface area contributed by atoms with Gasteiger partial charge in [-0.3, -0.25) is 4.98 Å². The third-order valence-electron chi connectivity index (χ3n) is 1.45. The fraction of sp³-hybridized carbons (Fsp3) is 0.250. The molecule has 0 aliphatic heterocycles. The van der Waals surface area contributed by atoms with Gasteiger partial charge in [0.15, 0.2) is 0 Å². The normalized spacial score (nSPS) is 10.1. The molecule has 0 saturated heterocycles. The molecule has 0 fully saturated rings. The summed E-state index contributed by atoms with van der Waals surface area (Å²) in [5, 5.41) is 8.41. The number of aromatic nitrogens is 1. The van der Waals surface area contributed by atoms with Crippen LogP contribution in [0.25, 0.3) is 0 Å². The number of pyridine rings is 1. The van der Waals surface area contributed by atoms with E-state index in [4.69, 9.17) is 5.26 Å². The van der Waals surface area contributed by atoms with E-state index in [1.165, 1.54) is 12.3 Å². The van der Waals surface area contributed by atoms with Gasteiger partial charge in [-0.15, -0.1) is 0 Å². The van der Waals surface area contributed by atoms with Crippen LogP contribution in [-0.4, -0.2) is 4.98 Å². The fourth-order valence-electron chi connectivity index (χ4n) is 0.839. The summed E-state index contributed by atoms with van der Waals surface area (Å²) in [5.41, 5.74) is 0.332. The average Bonchev–Trinajstić information content (AvgIpc) is 2.08. The van der Waals surface area contributed by atoms with Gasteiger partial charge in [-0.1, -0.05) is 0 Å². The lowest BCUT2D eigenvalue weighted by molar-refractivity contribution is 0.146. The molecule has 0 saturated carbocycles. The second-order valence-electron chi connectivity index (χ2n) is 2.34. The van der Waals surface area contributed by atoms with Gasteiger partial charge < -0.3 is 0 Å². The van der Waals surface area contributed by atoms with E-state index >= 15 is 0 Å². The van der Waals surface area contributed by atoms with Crippen LogP contribution in [-0.2, 0) is 6.42 Å². The molecule has 68 valence electrons. The average molecular weight is 294 g/mol. The van der Waals surface area contributed by atoms with Crippen molar-refractivity contribution in [2.45, 2.75) is 12.8 Å². The standard InChI is InChI=1S/C8H5F2IN2/c9-8(10)7-3-5(1-2-12)6(11)4-13-7/h3-4,8H,1H2. The van der Waals surface area contributed by atoms with Gasteiger partial charge in [-0.05, 0) is 34.2 Å². The number of hydrogen-bond donors (Lipinski definition) is 0. The Kier molecular flexibility index (Phi) is 3.54. The first-order chi connectivity index (χ1) is 6.15. The quantitative estimate of drug-likeness (QED) is 0.786. The summed E-state index contributed by atoms with van der Waals surface area (Å²) in [6.07, 6.45) is -1.08. The highest BCUT2D eigenvalue weighted by molar-refractivity contribution is 14.1. The molecule has 0 aliphatic rings. The van der Waals surface area contributed by atoms with Crippen molar-refractivity contribution in [3.05, 3.63) is 27.1 Å². The summed E-state index contributed by atoms with van der Waals surface area (Å²) in [7, 11) is 0. The van der Waals surface area contributed by atoms with Gasteiger partial charge in [-0.2, -0.15) is 5.26 Å². The molecular weight excluding hydrogens is 289 g/mol. The van der Waals surface area contributed by atoms with Crippen molar-refractivity contribution in [3.8, 4) is 6.07 Å². The highest BCUT2D eigenvalue weighted by Crippen LogP contribution is 2.20. The first kappa shape index (κ1) is 10.3. The molecule has 0 spiro atoms. The van der Waals surface area contributed by atoms with Crippen LogP contribution in [0.15, 0.2) is 12.3 Å². The molecule has 1 aromatic rings. The molecule has 0 atom stereocenters. The molecular formula is C8H5F2IN2. The molecule has 5 heteroatoms. The summed E-state index contributed by atoms with van der Waals surface area (Å²) in [6, 6.07) is 3.19. The van der Waals surface area contributed by atoms with Gasteiger partial charge in [0.05, 0.1) is 12.5 Å². The SMILES string of the molecule is N#CCc1cc(C(F)F)ncc1I. The first-order valence-corrected chi connectivity index (χ1v) is 4.52. The molecule has 13 heavy (non-hydrogen) atoms. The summed E-state index contributed by atoms with van der Waals surface area (Å²) < 4.78 is 25.1. The third-order valence-corrected chi connectivity index (χ3v) is 2.42. The number of nitriles is 1. The minimum absolute atomic E-state index is 0.139. The highest BCUT2D eigenvalue weighted by Gasteiger charge is 2.10. The second kappa shape index (κ2) is 4.46. The van der Waals surface area contributed by atoms with E-state index in [9.17, 15) is 8.78 Å². The van der Waals surface area contributed by atoms with Crippen molar-refractivity contribution in [2.75, 3.05) is 0 Å². The molecule has 0 bridgehead atoms. The Morgan fingerprint density at radius 2 is 2.31 bits per heavy atom. The Balaban J connectivity index is 3.05. The third kappa shape index (κ3) is 2.59. The smallest absolute Gasteiger partial charge is 0.254 e. The number of nitrogens with zero attached hydrogens (tertiary/aromatic N) is 2. The van der Waals surface area contributed by atoms with E-state index in [1.54, 1.807) is 0 Å². The Hall–Kier alpha value is -0.770. The first-order valence-electron chi connectivity index (χ1n) is 3.44. The van der Waals surface area contributed by atoms with Crippen molar-refractivity contribution < 1.29 is 8.78 Å². The van der Waals surface area contributed by atoms with Gasteiger partial charge in [0.1, 0.15) is 5.69 Å². The molecule has 1 heterocycles. The van der Waals surface area contributed by atoms with E-state index in [1.807, 2.05) is 28.7 Å². The summed E-state index contributed by atoms with van der Waals surface area (Å²) >= 11 is 1.97. The lowest BCUT2D eigenvalue weighted by Crippen LogP contribution is -1.95. The fourth-order valence-corrected chi connectivity index (χ4v) is 1.32. The highest BCUT2D eigenvalue weighted by atomic mass is 127. The summed E-state index contributed by atoms with van der Waals surface area (Å²) in [4.78, 5) is 3.55. The number of alkyl halides is 2. The van der Waals surface area contributed by atoms with Crippen LogP contribution in [0.4, 0.5) is 8.78 Å². The second-order valence-corrected chi connectivity index (χ2v) is 3.50. The van der Waals surface area contributed by atoms with Gasteiger partial charge in [0.25, 0.3) is 6.43 Å². The number of hydrogen-bond acceptors (Lipinski definition) is 2. The minimum Gasteiger partial charge on any atom is -0.254 e. The van der Waals surface area contributed by atoms with E-state index in [0.717, 1.165) is 3.57 Å². The van der Waals surface area contributed by atoms with Crippen LogP contribution < -0.4 is 0 Å². The molecule has 0 unspecified atom stereocenters. The van der Waals surface area contributed by atoms with Gasteiger partial charge in [0, 0.05) is 9.77 Å². The molecule has 0 amide bonds. The maximum Gasteiger partial charge on any atom is 0.280 e. The van der Waals surface area contributed by atoms with Crippen molar-refractivity contribution >= 4 is 22.6 Å². The number of rotatable bonds is 2. The van der Waals surface area contributed by atoms with E-state index < -0.39 is 6.43 Å². The maximum atomic E-state index is 12.2. The van der Waals surface area contributed by atoms with E-state index in [2.05, 4.69) is 4.98 Å². The summed E-state index contributed by atoms with van der Waals surface area (Å²) in [6.45, 7) is 0. The Labute approximate surface area is 87.7 Å². The summed E-state index contributed by atoms with van der Waals surface area (Å²) in [5.74, 6) is 0. The minimum atomic E-state index is -2.57. The Morgan fingerprint density at radius 3 is 2.85 bits per heavy atom. The maximum absolute atomic E-state index is 12.2. The lowest BCUT2D eigenvalue weighted by atomic mass is 10.2. The number of halogens is 3. The van der Waals surface area contributed by atoms with E-state index in [0.29, 0.717) is 5.56 Å². The Morgan fingerprint density at radius 1 is 1.62 bits per heavy atom. The van der Waals surface area contributed by atoms with Gasteiger partial charge in [-0.25, -0.2) is 8.78 Å². The predicted octanol–water partition coefficient (Wildman–Crippen LogP) is 2.69. The van der Waals surface area contributed by atoms with Crippen LogP contribution >= 0.6 is 22.6 Å². The molecule has 0 aliphatic carbocycles. The van der Waals surface area contributed by atoms with Crippen LogP contribution in [0.2, 0.25) is 0 Å². The zero-order valence-electron chi connectivity index (χ0n) is 6.47. The lowest BCUT2D eigenvalue weighted by Gasteiger charge is -2.02. The van der Waals surface area contributed by atoms with Crippen molar-refractivity contribution in [2.24, 2.45) is 0 Å². The van der Waals surface area contributed by atoms with Crippen molar-refractivity contribution in [1.29, 1.82) is 5.26 Å².